The average molecular weight is 234 g/mol. The predicted octanol–water partition coefficient (Wildman–Crippen LogP) is 1.72. The maximum atomic E-state index is 11.2. The van der Waals surface area contributed by atoms with E-state index >= 15 is 0 Å². The molecule has 0 aliphatic rings. The Morgan fingerprint density at radius 2 is 2.00 bits per heavy atom. The zero-order chi connectivity index (χ0) is 12.7. The lowest BCUT2D eigenvalue weighted by Gasteiger charge is -1.99. The van der Waals surface area contributed by atoms with E-state index in [2.05, 4.69) is 9.47 Å². The van der Waals surface area contributed by atoms with Crippen LogP contribution in [0.1, 0.15) is 11.1 Å². The molecule has 17 heavy (non-hydrogen) atoms. The number of carbonyl (C=O) groups excluding carboxylic acids is 2. The van der Waals surface area contributed by atoms with Gasteiger partial charge in [0.05, 0.1) is 0 Å². The maximum Gasteiger partial charge on any atom is 0.339 e. The second-order valence-electron chi connectivity index (χ2n) is 3.42. The number of benzene rings is 1. The molecule has 0 saturated heterocycles. The zero-order valence-corrected chi connectivity index (χ0v) is 9.80. The highest BCUT2D eigenvalue weighted by Gasteiger charge is 2.06. The van der Waals surface area contributed by atoms with Crippen LogP contribution in [0.2, 0.25) is 0 Å². The first kappa shape index (κ1) is 13.1. The summed E-state index contributed by atoms with van der Waals surface area (Å²) in [7, 11) is 1.36. The van der Waals surface area contributed by atoms with Gasteiger partial charge in [0.1, 0.15) is 6.61 Å². The van der Waals surface area contributed by atoms with Gasteiger partial charge < -0.3 is 9.47 Å². The van der Waals surface area contributed by atoms with E-state index in [1.54, 1.807) is 6.08 Å². The van der Waals surface area contributed by atoms with Gasteiger partial charge in [0.15, 0.2) is 0 Å². The van der Waals surface area contributed by atoms with Crippen molar-refractivity contribution in [3.05, 3.63) is 41.5 Å². The predicted molar refractivity (Wildman–Crippen MR) is 63.2 cm³/mol. The highest BCUT2D eigenvalue weighted by molar-refractivity contribution is 5.95. The van der Waals surface area contributed by atoms with E-state index in [1.165, 1.54) is 13.2 Å². The first-order valence-corrected chi connectivity index (χ1v) is 5.11. The van der Waals surface area contributed by atoms with Crippen LogP contribution < -0.4 is 0 Å². The van der Waals surface area contributed by atoms with Gasteiger partial charge in [-0.15, -0.1) is 0 Å². The number of ether oxygens (including phenoxy) is 2. The topological polar surface area (TPSA) is 52.6 Å². The Labute approximate surface area is 99.8 Å². The molecule has 0 heterocycles. The standard InChI is InChI=1S/C13H14O4/c1-10-5-3-4-6-11(10)7-8-12(14)17-13(15)9-16-2/h3-8H,9H2,1-2H3. The largest absolute Gasteiger partial charge is 0.388 e. The molecule has 1 aromatic carbocycles. The van der Waals surface area contributed by atoms with Crippen molar-refractivity contribution in [2.75, 3.05) is 13.7 Å². The molecule has 0 aromatic heterocycles. The van der Waals surface area contributed by atoms with E-state index in [1.807, 2.05) is 31.2 Å². The van der Waals surface area contributed by atoms with E-state index in [0.29, 0.717) is 0 Å². The van der Waals surface area contributed by atoms with Crippen LogP contribution in [-0.2, 0) is 19.1 Å². The fourth-order valence-corrected chi connectivity index (χ4v) is 1.23. The maximum absolute atomic E-state index is 11.2. The molecule has 0 spiro atoms. The Bertz CT molecular complexity index is 435. The lowest BCUT2D eigenvalue weighted by molar-refractivity contribution is -0.158. The van der Waals surface area contributed by atoms with Gasteiger partial charge in [-0.3, -0.25) is 0 Å². The van der Waals surface area contributed by atoms with Gasteiger partial charge in [-0.2, -0.15) is 0 Å². The molecule has 0 N–H and O–H groups in total. The lowest BCUT2D eigenvalue weighted by atomic mass is 10.1. The van der Waals surface area contributed by atoms with E-state index in [-0.39, 0.29) is 6.61 Å². The minimum atomic E-state index is -0.702. The Kier molecular flexibility index (Phi) is 5.10. The number of hydrogen-bond donors (Lipinski definition) is 0. The van der Waals surface area contributed by atoms with Crippen LogP contribution in [-0.4, -0.2) is 25.7 Å². The van der Waals surface area contributed by atoms with Crippen LogP contribution >= 0.6 is 0 Å². The summed E-state index contributed by atoms with van der Waals surface area (Å²) >= 11 is 0. The summed E-state index contributed by atoms with van der Waals surface area (Å²) in [5, 5.41) is 0. The van der Waals surface area contributed by atoms with Gasteiger partial charge in [0.2, 0.25) is 0 Å². The van der Waals surface area contributed by atoms with Crippen molar-refractivity contribution in [3.8, 4) is 0 Å². The molecule has 0 saturated carbocycles. The summed E-state index contributed by atoms with van der Waals surface area (Å²) in [6.07, 6.45) is 2.83. The summed E-state index contributed by atoms with van der Waals surface area (Å²) in [6.45, 7) is 1.70. The van der Waals surface area contributed by atoms with Crippen molar-refractivity contribution < 1.29 is 19.1 Å². The van der Waals surface area contributed by atoms with Crippen LogP contribution in [0.4, 0.5) is 0 Å². The third-order valence-corrected chi connectivity index (χ3v) is 2.06. The van der Waals surface area contributed by atoms with Crippen molar-refractivity contribution >= 4 is 18.0 Å². The molecule has 1 rings (SSSR count). The molecule has 0 fully saturated rings. The van der Waals surface area contributed by atoms with Gasteiger partial charge in [0, 0.05) is 13.2 Å². The molecule has 4 nitrogen and oxygen atoms in total. The van der Waals surface area contributed by atoms with Gasteiger partial charge in [0.25, 0.3) is 0 Å². The highest BCUT2D eigenvalue weighted by atomic mass is 16.6. The minimum Gasteiger partial charge on any atom is -0.388 e. The summed E-state index contributed by atoms with van der Waals surface area (Å²) in [5.74, 6) is -1.40. The first-order valence-electron chi connectivity index (χ1n) is 5.11. The van der Waals surface area contributed by atoms with Gasteiger partial charge in [-0.25, -0.2) is 9.59 Å². The Hall–Kier alpha value is -1.94. The van der Waals surface area contributed by atoms with Crippen LogP contribution in [0.5, 0.6) is 0 Å². The SMILES string of the molecule is COCC(=O)OC(=O)C=Cc1ccccc1C. The van der Waals surface area contributed by atoms with Crippen molar-refractivity contribution in [2.24, 2.45) is 0 Å². The Morgan fingerprint density at radius 1 is 1.29 bits per heavy atom. The molecule has 0 unspecified atom stereocenters. The van der Waals surface area contributed by atoms with E-state index in [9.17, 15) is 9.59 Å². The molecule has 0 aliphatic heterocycles. The normalized spacial score (nSPS) is 10.5. The lowest BCUT2D eigenvalue weighted by Crippen LogP contribution is -2.14. The van der Waals surface area contributed by atoms with E-state index < -0.39 is 11.9 Å². The average Bonchev–Trinajstić information content (AvgIpc) is 2.28. The van der Waals surface area contributed by atoms with Crippen molar-refractivity contribution in [3.63, 3.8) is 0 Å². The van der Waals surface area contributed by atoms with Gasteiger partial charge >= 0.3 is 11.9 Å². The minimum absolute atomic E-state index is 0.232. The smallest absolute Gasteiger partial charge is 0.339 e. The molecule has 4 heteroatoms. The molecule has 0 bridgehead atoms. The molecule has 0 aliphatic carbocycles. The number of rotatable bonds is 4. The first-order chi connectivity index (χ1) is 8.13. The van der Waals surface area contributed by atoms with Crippen LogP contribution in [0.25, 0.3) is 6.08 Å². The molecule has 90 valence electrons. The zero-order valence-electron chi connectivity index (χ0n) is 9.80. The quantitative estimate of drug-likeness (QED) is 0.452. The molecule has 0 atom stereocenters. The molecular weight excluding hydrogens is 220 g/mol. The summed E-state index contributed by atoms with van der Waals surface area (Å²) in [4.78, 5) is 22.2. The Morgan fingerprint density at radius 3 is 2.65 bits per heavy atom. The number of esters is 2. The second-order valence-corrected chi connectivity index (χ2v) is 3.42. The van der Waals surface area contributed by atoms with Gasteiger partial charge in [-0.1, -0.05) is 24.3 Å². The fourth-order valence-electron chi connectivity index (χ4n) is 1.23. The molecule has 1 aromatic rings. The summed E-state index contributed by atoms with van der Waals surface area (Å²) in [6, 6.07) is 7.58. The fraction of sp³-hybridized carbons (Fsp3) is 0.231. The van der Waals surface area contributed by atoms with Crippen molar-refractivity contribution in [1.29, 1.82) is 0 Å². The number of hydrogen-bond acceptors (Lipinski definition) is 4. The second kappa shape index (κ2) is 6.60. The van der Waals surface area contributed by atoms with E-state index in [0.717, 1.165) is 11.1 Å². The third-order valence-electron chi connectivity index (χ3n) is 2.06. The van der Waals surface area contributed by atoms with Crippen LogP contribution in [0.15, 0.2) is 30.3 Å². The van der Waals surface area contributed by atoms with Gasteiger partial charge in [-0.05, 0) is 24.1 Å². The number of aryl methyl sites for hydroxylation is 1. The van der Waals surface area contributed by atoms with Crippen LogP contribution in [0.3, 0.4) is 0 Å². The van der Waals surface area contributed by atoms with Crippen LogP contribution in [0, 0.1) is 6.92 Å². The molecule has 0 amide bonds. The van der Waals surface area contributed by atoms with Crippen molar-refractivity contribution in [1.82, 2.24) is 0 Å². The van der Waals surface area contributed by atoms with Crippen molar-refractivity contribution in [2.45, 2.75) is 6.92 Å². The summed E-state index contributed by atoms with van der Waals surface area (Å²) in [5.41, 5.74) is 1.95. The highest BCUT2D eigenvalue weighted by Crippen LogP contribution is 2.08. The number of carbonyl (C=O) groups is 2. The third kappa shape index (κ3) is 4.61. The number of methoxy groups -OCH3 is 1. The molecular formula is C13H14O4. The Balaban J connectivity index is 2.57. The van der Waals surface area contributed by atoms with E-state index in [4.69, 9.17) is 0 Å². The summed E-state index contributed by atoms with van der Waals surface area (Å²) < 4.78 is 9.00. The molecule has 0 radical (unpaired) electrons. The monoisotopic (exact) mass is 234 g/mol.